The van der Waals surface area contributed by atoms with Crippen molar-refractivity contribution in [1.29, 1.82) is 0 Å². The number of ether oxygens (including phenoxy) is 1. The lowest BCUT2D eigenvalue weighted by Gasteiger charge is -2.38. The van der Waals surface area contributed by atoms with Gasteiger partial charge in [-0.1, -0.05) is 37.6 Å². The van der Waals surface area contributed by atoms with Crippen LogP contribution in [0.25, 0.3) is 0 Å². The molecule has 0 aliphatic carbocycles. The maximum Gasteiger partial charge on any atom is 0.0910 e. The molecule has 0 aromatic heterocycles. The highest BCUT2D eigenvalue weighted by Gasteiger charge is 2.35. The second kappa shape index (κ2) is 6.88. The van der Waals surface area contributed by atoms with Crippen molar-refractivity contribution >= 4 is 0 Å². The average molecular weight is 289 g/mol. The Morgan fingerprint density at radius 1 is 1.38 bits per heavy atom. The minimum Gasteiger partial charge on any atom is -0.373 e. The second-order valence-corrected chi connectivity index (χ2v) is 6.30. The first-order chi connectivity index (χ1) is 10.3. The van der Waals surface area contributed by atoms with Crippen LogP contribution >= 0.6 is 0 Å². The predicted octanol–water partition coefficient (Wildman–Crippen LogP) is 2.01. The van der Waals surface area contributed by atoms with Gasteiger partial charge in [-0.25, -0.2) is 0 Å². The summed E-state index contributed by atoms with van der Waals surface area (Å²) in [6, 6.07) is 9.51. The smallest absolute Gasteiger partial charge is 0.0910 e. The zero-order valence-corrected chi connectivity index (χ0v) is 12.9. The maximum absolute atomic E-state index is 6.09. The van der Waals surface area contributed by atoms with Gasteiger partial charge < -0.3 is 4.74 Å². The molecule has 3 rings (SSSR count). The van der Waals surface area contributed by atoms with Crippen molar-refractivity contribution in [3.8, 4) is 0 Å². The van der Waals surface area contributed by atoms with Crippen molar-refractivity contribution in [2.24, 2.45) is 5.84 Å². The molecule has 2 heterocycles. The Hall–Kier alpha value is -0.940. The molecule has 0 bridgehead atoms. The molecule has 3 atom stereocenters. The number of aryl methyl sites for hydroxylation is 1. The van der Waals surface area contributed by atoms with E-state index in [9.17, 15) is 0 Å². The van der Waals surface area contributed by atoms with Crippen LogP contribution < -0.4 is 11.3 Å². The van der Waals surface area contributed by atoms with E-state index < -0.39 is 0 Å². The second-order valence-electron chi connectivity index (χ2n) is 6.30. The summed E-state index contributed by atoms with van der Waals surface area (Å²) in [6.45, 7) is 5.24. The van der Waals surface area contributed by atoms with Crippen LogP contribution in [0.3, 0.4) is 0 Å². The topological polar surface area (TPSA) is 50.5 Å². The Morgan fingerprint density at radius 2 is 2.19 bits per heavy atom. The highest BCUT2D eigenvalue weighted by atomic mass is 16.5. The van der Waals surface area contributed by atoms with Crippen LogP contribution in [-0.2, 0) is 11.2 Å². The zero-order chi connectivity index (χ0) is 14.7. The zero-order valence-electron chi connectivity index (χ0n) is 12.9. The molecule has 2 saturated heterocycles. The summed E-state index contributed by atoms with van der Waals surface area (Å²) < 4.78 is 6.09. The fraction of sp³-hybridized carbons (Fsp3) is 0.647. The van der Waals surface area contributed by atoms with Gasteiger partial charge in [-0.2, -0.15) is 0 Å². The van der Waals surface area contributed by atoms with Crippen molar-refractivity contribution < 1.29 is 4.74 Å². The fourth-order valence-corrected chi connectivity index (χ4v) is 3.64. The number of hydrogen-bond acceptors (Lipinski definition) is 4. The molecular weight excluding hydrogens is 262 g/mol. The number of nitrogens with one attached hydrogen (secondary N) is 1. The molecule has 0 amide bonds. The minimum absolute atomic E-state index is 0.0715. The number of benzene rings is 1. The third-order valence-corrected chi connectivity index (χ3v) is 4.85. The van der Waals surface area contributed by atoms with E-state index in [4.69, 9.17) is 10.6 Å². The number of nitrogens with zero attached hydrogens (tertiary/aromatic N) is 1. The first-order valence-corrected chi connectivity index (χ1v) is 8.22. The molecule has 3 N–H and O–H groups in total. The number of hydrazine groups is 1. The van der Waals surface area contributed by atoms with E-state index in [1.54, 1.807) is 0 Å². The van der Waals surface area contributed by atoms with Crippen molar-refractivity contribution in [3.63, 3.8) is 0 Å². The van der Waals surface area contributed by atoms with Gasteiger partial charge >= 0.3 is 0 Å². The molecule has 0 spiro atoms. The highest BCUT2D eigenvalue weighted by molar-refractivity contribution is 5.26. The Bertz CT molecular complexity index is 448. The van der Waals surface area contributed by atoms with E-state index in [0.29, 0.717) is 6.04 Å². The van der Waals surface area contributed by atoms with Gasteiger partial charge in [0.25, 0.3) is 0 Å². The summed E-state index contributed by atoms with van der Waals surface area (Å²) in [5.74, 6) is 5.82. The van der Waals surface area contributed by atoms with E-state index in [-0.39, 0.29) is 12.1 Å². The van der Waals surface area contributed by atoms with Crippen LogP contribution in [0.5, 0.6) is 0 Å². The van der Waals surface area contributed by atoms with Crippen LogP contribution in [0.15, 0.2) is 24.3 Å². The Balaban J connectivity index is 1.69. The SMILES string of the molecule is CCCc1ccc(C(NN)C2CN3CCCC3CO2)cc1. The Morgan fingerprint density at radius 3 is 2.90 bits per heavy atom. The summed E-state index contributed by atoms with van der Waals surface area (Å²) in [5.41, 5.74) is 5.58. The van der Waals surface area contributed by atoms with Crippen molar-refractivity contribution in [2.45, 2.75) is 50.8 Å². The lowest BCUT2D eigenvalue weighted by atomic mass is 9.98. The number of fused-ring (bicyclic) bond motifs is 1. The van der Waals surface area contributed by atoms with Crippen LogP contribution in [-0.4, -0.2) is 36.7 Å². The summed E-state index contributed by atoms with van der Waals surface area (Å²) in [5, 5.41) is 0. The predicted molar refractivity (Wildman–Crippen MR) is 84.8 cm³/mol. The van der Waals surface area contributed by atoms with Crippen molar-refractivity contribution in [2.75, 3.05) is 19.7 Å². The van der Waals surface area contributed by atoms with Gasteiger partial charge in [-0.3, -0.25) is 16.2 Å². The van der Waals surface area contributed by atoms with Crippen LogP contribution in [0.2, 0.25) is 0 Å². The lowest BCUT2D eigenvalue weighted by molar-refractivity contribution is -0.0653. The molecule has 0 radical (unpaired) electrons. The van der Waals surface area contributed by atoms with Crippen molar-refractivity contribution in [3.05, 3.63) is 35.4 Å². The highest BCUT2D eigenvalue weighted by Crippen LogP contribution is 2.28. The van der Waals surface area contributed by atoms with E-state index in [0.717, 1.165) is 19.6 Å². The van der Waals surface area contributed by atoms with Crippen molar-refractivity contribution in [1.82, 2.24) is 10.3 Å². The van der Waals surface area contributed by atoms with Gasteiger partial charge in [-0.15, -0.1) is 0 Å². The first-order valence-electron chi connectivity index (χ1n) is 8.22. The molecule has 1 aromatic carbocycles. The van der Waals surface area contributed by atoms with Crippen LogP contribution in [0.4, 0.5) is 0 Å². The normalized spacial score (nSPS) is 27.5. The van der Waals surface area contributed by atoms with E-state index in [2.05, 4.69) is 41.5 Å². The molecule has 1 aromatic rings. The number of morpholine rings is 1. The largest absolute Gasteiger partial charge is 0.373 e. The van der Waals surface area contributed by atoms with Gasteiger partial charge in [0, 0.05) is 12.6 Å². The monoisotopic (exact) mass is 289 g/mol. The summed E-state index contributed by atoms with van der Waals surface area (Å²) in [6.07, 6.45) is 5.03. The van der Waals surface area contributed by atoms with Gasteiger partial charge in [0.1, 0.15) is 0 Å². The van der Waals surface area contributed by atoms with Gasteiger partial charge in [0.05, 0.1) is 18.8 Å². The van der Waals surface area contributed by atoms with E-state index in [1.807, 2.05) is 0 Å². The number of hydrogen-bond donors (Lipinski definition) is 2. The summed E-state index contributed by atoms with van der Waals surface area (Å²) >= 11 is 0. The van der Waals surface area contributed by atoms with E-state index >= 15 is 0 Å². The number of nitrogens with two attached hydrogens (primary N) is 1. The van der Waals surface area contributed by atoms with Crippen LogP contribution in [0.1, 0.15) is 43.4 Å². The molecule has 4 heteroatoms. The van der Waals surface area contributed by atoms with Crippen LogP contribution in [0, 0.1) is 0 Å². The molecule has 4 nitrogen and oxygen atoms in total. The molecule has 2 fully saturated rings. The summed E-state index contributed by atoms with van der Waals surface area (Å²) in [7, 11) is 0. The molecule has 116 valence electrons. The molecule has 2 aliphatic rings. The molecule has 0 saturated carbocycles. The molecule has 2 aliphatic heterocycles. The molecule has 3 unspecified atom stereocenters. The quantitative estimate of drug-likeness (QED) is 0.643. The lowest BCUT2D eigenvalue weighted by Crippen LogP contribution is -2.51. The standard InChI is InChI=1S/C17H27N3O/c1-2-4-13-6-8-14(9-7-13)17(19-18)16-11-20-10-3-5-15(20)12-21-16/h6-9,15-17,19H,2-5,10-12,18H2,1H3. The fourth-order valence-electron chi connectivity index (χ4n) is 3.64. The minimum atomic E-state index is 0.0715. The third-order valence-electron chi connectivity index (χ3n) is 4.85. The van der Waals surface area contributed by atoms with Gasteiger partial charge in [-0.05, 0) is 36.9 Å². The Kier molecular flexibility index (Phi) is 4.91. The van der Waals surface area contributed by atoms with Gasteiger partial charge in [0.2, 0.25) is 0 Å². The van der Waals surface area contributed by atoms with E-state index in [1.165, 1.54) is 36.9 Å². The first kappa shape index (κ1) is 15.0. The average Bonchev–Trinajstić information content (AvgIpc) is 2.98. The maximum atomic E-state index is 6.09. The number of rotatable bonds is 5. The Labute approximate surface area is 127 Å². The summed E-state index contributed by atoms with van der Waals surface area (Å²) in [4.78, 5) is 2.56. The third kappa shape index (κ3) is 3.29. The molecule has 21 heavy (non-hydrogen) atoms. The molecular formula is C17H27N3O. The van der Waals surface area contributed by atoms with Gasteiger partial charge in [0.15, 0.2) is 0 Å².